The Morgan fingerprint density at radius 2 is 2.00 bits per heavy atom. The standard InChI is InChI=1S/C12H15F3N2O3/c13-12(14,15)8-4-2-1-3-7(8)11-17-16-9(20-11)5-6-10(18)19/h7-8H,1-6H2,(H,18,19). The van der Waals surface area contributed by atoms with Gasteiger partial charge in [-0.1, -0.05) is 12.8 Å². The maximum atomic E-state index is 13.0. The molecular formula is C12H15F3N2O3. The Bertz CT molecular complexity index is 473. The van der Waals surface area contributed by atoms with Crippen LogP contribution in [0.25, 0.3) is 0 Å². The minimum atomic E-state index is -4.28. The van der Waals surface area contributed by atoms with Gasteiger partial charge in [-0.05, 0) is 12.8 Å². The van der Waals surface area contributed by atoms with E-state index in [1.165, 1.54) is 0 Å². The number of aryl methyl sites for hydroxylation is 1. The van der Waals surface area contributed by atoms with Gasteiger partial charge in [-0.15, -0.1) is 10.2 Å². The number of carbonyl (C=O) groups is 1. The van der Waals surface area contributed by atoms with Crippen molar-refractivity contribution in [2.75, 3.05) is 0 Å². The highest BCUT2D eigenvalue weighted by molar-refractivity contribution is 5.66. The van der Waals surface area contributed by atoms with Crippen LogP contribution in [-0.4, -0.2) is 27.4 Å². The van der Waals surface area contributed by atoms with Crippen LogP contribution in [-0.2, 0) is 11.2 Å². The summed E-state index contributed by atoms with van der Waals surface area (Å²) >= 11 is 0. The minimum Gasteiger partial charge on any atom is -0.481 e. The number of carboxylic acid groups (broad SMARTS) is 1. The Hall–Kier alpha value is -1.60. The molecule has 2 unspecified atom stereocenters. The van der Waals surface area contributed by atoms with Crippen LogP contribution in [0.5, 0.6) is 0 Å². The quantitative estimate of drug-likeness (QED) is 0.923. The zero-order chi connectivity index (χ0) is 14.8. The first-order chi connectivity index (χ1) is 9.38. The highest BCUT2D eigenvalue weighted by atomic mass is 19.4. The molecule has 1 saturated carbocycles. The van der Waals surface area contributed by atoms with Crippen LogP contribution in [0.3, 0.4) is 0 Å². The number of alkyl halides is 3. The lowest BCUT2D eigenvalue weighted by molar-refractivity contribution is -0.188. The first kappa shape index (κ1) is 14.8. The van der Waals surface area contributed by atoms with Gasteiger partial charge in [0.2, 0.25) is 11.8 Å². The van der Waals surface area contributed by atoms with Crippen molar-refractivity contribution < 1.29 is 27.5 Å². The zero-order valence-corrected chi connectivity index (χ0v) is 10.7. The minimum absolute atomic E-state index is 0.0209. The van der Waals surface area contributed by atoms with Crippen LogP contribution in [0, 0.1) is 5.92 Å². The van der Waals surface area contributed by atoms with Crippen LogP contribution in [0.15, 0.2) is 4.42 Å². The van der Waals surface area contributed by atoms with Crippen LogP contribution in [0.4, 0.5) is 13.2 Å². The Balaban J connectivity index is 2.10. The molecule has 0 saturated heterocycles. The molecule has 0 radical (unpaired) electrons. The molecule has 1 aromatic heterocycles. The third kappa shape index (κ3) is 3.49. The van der Waals surface area contributed by atoms with Gasteiger partial charge in [-0.25, -0.2) is 0 Å². The van der Waals surface area contributed by atoms with Crippen molar-refractivity contribution in [3.05, 3.63) is 11.8 Å². The van der Waals surface area contributed by atoms with Crippen LogP contribution >= 0.6 is 0 Å². The third-order valence-electron chi connectivity index (χ3n) is 3.54. The molecule has 1 N–H and O–H groups in total. The molecule has 1 fully saturated rings. The molecule has 0 bridgehead atoms. The molecular weight excluding hydrogens is 277 g/mol. The first-order valence-corrected chi connectivity index (χ1v) is 6.48. The van der Waals surface area contributed by atoms with Gasteiger partial charge in [0.15, 0.2) is 0 Å². The van der Waals surface area contributed by atoms with Crippen molar-refractivity contribution in [1.82, 2.24) is 10.2 Å². The molecule has 112 valence electrons. The number of carboxylic acids is 1. The Morgan fingerprint density at radius 1 is 1.30 bits per heavy atom. The fourth-order valence-corrected chi connectivity index (χ4v) is 2.55. The average Bonchev–Trinajstić information content (AvgIpc) is 2.84. The van der Waals surface area contributed by atoms with Gasteiger partial charge in [-0.3, -0.25) is 4.79 Å². The van der Waals surface area contributed by atoms with E-state index in [4.69, 9.17) is 9.52 Å². The molecule has 2 atom stereocenters. The molecule has 1 heterocycles. The van der Waals surface area contributed by atoms with Crippen molar-refractivity contribution in [3.63, 3.8) is 0 Å². The molecule has 5 nitrogen and oxygen atoms in total. The van der Waals surface area contributed by atoms with E-state index in [1.807, 2.05) is 0 Å². The van der Waals surface area contributed by atoms with Crippen molar-refractivity contribution in [2.45, 2.75) is 50.6 Å². The van der Waals surface area contributed by atoms with E-state index < -0.39 is 24.0 Å². The monoisotopic (exact) mass is 292 g/mol. The highest BCUT2D eigenvalue weighted by Gasteiger charge is 2.47. The Morgan fingerprint density at radius 3 is 2.65 bits per heavy atom. The van der Waals surface area contributed by atoms with Crippen LogP contribution in [0.1, 0.15) is 49.8 Å². The predicted molar refractivity (Wildman–Crippen MR) is 61.0 cm³/mol. The van der Waals surface area contributed by atoms with Crippen molar-refractivity contribution >= 4 is 5.97 Å². The second-order valence-corrected chi connectivity index (χ2v) is 4.97. The topological polar surface area (TPSA) is 76.2 Å². The number of aliphatic carboxylic acids is 1. The second kappa shape index (κ2) is 5.80. The van der Waals surface area contributed by atoms with Crippen LogP contribution < -0.4 is 0 Å². The zero-order valence-electron chi connectivity index (χ0n) is 10.7. The largest absolute Gasteiger partial charge is 0.481 e. The fourth-order valence-electron chi connectivity index (χ4n) is 2.55. The molecule has 2 rings (SSSR count). The number of nitrogens with zero attached hydrogens (tertiary/aromatic N) is 2. The van der Waals surface area contributed by atoms with Gasteiger partial charge in [0.1, 0.15) is 0 Å². The smallest absolute Gasteiger partial charge is 0.392 e. The maximum absolute atomic E-state index is 13.0. The number of hydrogen-bond acceptors (Lipinski definition) is 4. The summed E-state index contributed by atoms with van der Waals surface area (Å²) in [5, 5.41) is 15.8. The summed E-state index contributed by atoms with van der Waals surface area (Å²) in [5.41, 5.74) is 0. The van der Waals surface area contributed by atoms with E-state index in [1.54, 1.807) is 0 Å². The highest BCUT2D eigenvalue weighted by Crippen LogP contribution is 2.45. The maximum Gasteiger partial charge on any atom is 0.392 e. The summed E-state index contributed by atoms with van der Waals surface area (Å²) < 4.78 is 44.1. The lowest BCUT2D eigenvalue weighted by Crippen LogP contribution is -2.31. The predicted octanol–water partition coefficient (Wildman–Crippen LogP) is 2.92. The van der Waals surface area contributed by atoms with E-state index >= 15 is 0 Å². The summed E-state index contributed by atoms with van der Waals surface area (Å²) in [6.07, 6.45) is -2.75. The lowest BCUT2D eigenvalue weighted by Gasteiger charge is -2.30. The van der Waals surface area contributed by atoms with Crippen molar-refractivity contribution in [3.8, 4) is 0 Å². The summed E-state index contributed by atoms with van der Waals surface area (Å²) in [5.74, 6) is -3.23. The van der Waals surface area contributed by atoms with E-state index in [0.29, 0.717) is 19.3 Å². The number of rotatable bonds is 4. The van der Waals surface area contributed by atoms with Crippen molar-refractivity contribution in [2.24, 2.45) is 5.92 Å². The number of aromatic nitrogens is 2. The van der Waals surface area contributed by atoms with Crippen molar-refractivity contribution in [1.29, 1.82) is 0 Å². The summed E-state index contributed by atoms with van der Waals surface area (Å²) in [6, 6.07) is 0. The van der Waals surface area contributed by atoms with E-state index in [9.17, 15) is 18.0 Å². The first-order valence-electron chi connectivity index (χ1n) is 6.48. The number of hydrogen-bond donors (Lipinski definition) is 1. The fraction of sp³-hybridized carbons (Fsp3) is 0.750. The summed E-state index contributed by atoms with van der Waals surface area (Å²) in [6.45, 7) is 0. The molecule has 1 aliphatic carbocycles. The lowest BCUT2D eigenvalue weighted by atomic mass is 9.79. The molecule has 0 amide bonds. The SMILES string of the molecule is O=C(O)CCc1nnc(C2CCCCC2C(F)(F)F)o1. The second-order valence-electron chi connectivity index (χ2n) is 4.97. The van der Waals surface area contributed by atoms with Gasteiger partial charge in [0, 0.05) is 12.3 Å². The van der Waals surface area contributed by atoms with E-state index in [-0.39, 0.29) is 31.0 Å². The molecule has 0 aliphatic heterocycles. The van der Waals surface area contributed by atoms with Gasteiger partial charge >= 0.3 is 12.1 Å². The van der Waals surface area contributed by atoms with Gasteiger partial charge in [0.05, 0.1) is 12.3 Å². The molecule has 1 aliphatic rings. The Kier molecular flexibility index (Phi) is 4.29. The number of halogens is 3. The normalized spacial score (nSPS) is 23.8. The van der Waals surface area contributed by atoms with Gasteiger partial charge in [-0.2, -0.15) is 13.2 Å². The van der Waals surface area contributed by atoms with E-state index in [2.05, 4.69) is 10.2 Å². The summed E-state index contributed by atoms with van der Waals surface area (Å²) in [7, 11) is 0. The average molecular weight is 292 g/mol. The molecule has 20 heavy (non-hydrogen) atoms. The Labute approximate surface area is 113 Å². The van der Waals surface area contributed by atoms with E-state index in [0.717, 1.165) is 0 Å². The van der Waals surface area contributed by atoms with Gasteiger partial charge in [0.25, 0.3) is 0 Å². The third-order valence-corrected chi connectivity index (χ3v) is 3.54. The molecule has 0 spiro atoms. The summed E-state index contributed by atoms with van der Waals surface area (Å²) in [4.78, 5) is 10.4. The molecule has 1 aromatic rings. The molecule has 0 aromatic carbocycles. The van der Waals surface area contributed by atoms with Crippen LogP contribution in [0.2, 0.25) is 0 Å². The van der Waals surface area contributed by atoms with Gasteiger partial charge < -0.3 is 9.52 Å². The molecule has 8 heteroatoms.